The highest BCUT2D eigenvalue weighted by Crippen LogP contribution is 2.32. The number of hydrogen-bond acceptors (Lipinski definition) is 4. The summed E-state index contributed by atoms with van der Waals surface area (Å²) >= 11 is 0. The normalized spacial score (nSPS) is 12.2. The van der Waals surface area contributed by atoms with Gasteiger partial charge in [-0.3, -0.25) is 0 Å². The van der Waals surface area contributed by atoms with Crippen LogP contribution in [0.5, 0.6) is 11.5 Å². The Hall–Kier alpha value is -1.75. The molecule has 5 heteroatoms. The number of aryl methyl sites for hydroxylation is 1. The lowest BCUT2D eigenvalue weighted by molar-refractivity contribution is -0.147. The minimum Gasteiger partial charge on any atom is -0.507 e. The van der Waals surface area contributed by atoms with E-state index in [2.05, 4.69) is 0 Å². The SMILES string of the molecule is COc1cc(C)c(O)c(C(O)C(=O)O)c1. The van der Waals surface area contributed by atoms with Gasteiger partial charge >= 0.3 is 5.97 Å². The first kappa shape index (κ1) is 11.3. The van der Waals surface area contributed by atoms with E-state index in [0.717, 1.165) is 0 Å². The molecule has 0 bridgehead atoms. The molecule has 0 heterocycles. The van der Waals surface area contributed by atoms with Crippen molar-refractivity contribution in [3.8, 4) is 11.5 Å². The lowest BCUT2D eigenvalue weighted by Gasteiger charge is -2.12. The van der Waals surface area contributed by atoms with Crippen molar-refractivity contribution < 1.29 is 24.9 Å². The topological polar surface area (TPSA) is 87.0 Å². The number of benzene rings is 1. The lowest BCUT2D eigenvalue weighted by Crippen LogP contribution is -2.11. The van der Waals surface area contributed by atoms with E-state index in [1.54, 1.807) is 13.0 Å². The van der Waals surface area contributed by atoms with E-state index in [-0.39, 0.29) is 11.3 Å². The van der Waals surface area contributed by atoms with E-state index in [1.807, 2.05) is 0 Å². The van der Waals surface area contributed by atoms with Gasteiger partial charge in [0.05, 0.1) is 7.11 Å². The van der Waals surface area contributed by atoms with Crippen LogP contribution in [0.4, 0.5) is 0 Å². The molecular formula is C10H12O5. The first-order chi connectivity index (χ1) is 6.97. The number of carbonyl (C=O) groups is 1. The molecule has 0 aliphatic carbocycles. The number of ether oxygens (including phenoxy) is 1. The fourth-order valence-electron chi connectivity index (χ4n) is 1.23. The highest BCUT2D eigenvalue weighted by molar-refractivity contribution is 5.75. The molecule has 1 aromatic carbocycles. The van der Waals surface area contributed by atoms with Crippen LogP contribution in [0.15, 0.2) is 12.1 Å². The summed E-state index contributed by atoms with van der Waals surface area (Å²) in [5.74, 6) is -1.26. The average Bonchev–Trinajstić information content (AvgIpc) is 2.20. The summed E-state index contributed by atoms with van der Waals surface area (Å²) in [6.07, 6.45) is -1.75. The third kappa shape index (κ3) is 2.19. The zero-order valence-corrected chi connectivity index (χ0v) is 8.39. The third-order valence-electron chi connectivity index (χ3n) is 2.07. The fraction of sp³-hybridized carbons (Fsp3) is 0.300. The van der Waals surface area contributed by atoms with Gasteiger partial charge in [-0.2, -0.15) is 0 Å². The molecule has 0 saturated heterocycles. The number of methoxy groups -OCH3 is 1. The van der Waals surface area contributed by atoms with Gasteiger partial charge in [0.2, 0.25) is 0 Å². The summed E-state index contributed by atoms with van der Waals surface area (Å²) in [6.45, 7) is 1.59. The Labute approximate surface area is 86.5 Å². The van der Waals surface area contributed by atoms with Crippen molar-refractivity contribution in [2.24, 2.45) is 0 Å². The Morgan fingerprint density at radius 1 is 1.47 bits per heavy atom. The van der Waals surface area contributed by atoms with Crippen LogP contribution in [0.25, 0.3) is 0 Å². The van der Waals surface area contributed by atoms with Crippen LogP contribution in [0.1, 0.15) is 17.2 Å². The largest absolute Gasteiger partial charge is 0.507 e. The Kier molecular flexibility index (Phi) is 3.16. The Morgan fingerprint density at radius 2 is 2.07 bits per heavy atom. The number of aliphatic carboxylic acids is 1. The Balaban J connectivity index is 3.27. The predicted octanol–water partition coefficient (Wildman–Crippen LogP) is 0.827. The molecule has 15 heavy (non-hydrogen) atoms. The molecule has 1 aromatic rings. The molecule has 0 spiro atoms. The monoisotopic (exact) mass is 212 g/mol. The Morgan fingerprint density at radius 3 is 2.53 bits per heavy atom. The number of carboxylic acids is 1. The zero-order chi connectivity index (χ0) is 11.6. The number of phenolic OH excluding ortho intramolecular Hbond substituents is 1. The molecule has 0 aromatic heterocycles. The van der Waals surface area contributed by atoms with E-state index in [1.165, 1.54) is 13.2 Å². The summed E-state index contributed by atoms with van der Waals surface area (Å²) in [4.78, 5) is 10.6. The van der Waals surface area contributed by atoms with Gasteiger partial charge in [-0.1, -0.05) is 0 Å². The van der Waals surface area contributed by atoms with Crippen LogP contribution in [0, 0.1) is 6.92 Å². The van der Waals surface area contributed by atoms with Gasteiger partial charge < -0.3 is 20.1 Å². The molecule has 0 amide bonds. The first-order valence-corrected chi connectivity index (χ1v) is 4.25. The summed E-state index contributed by atoms with van der Waals surface area (Å²) in [6, 6.07) is 2.84. The van der Waals surface area contributed by atoms with Crippen molar-refractivity contribution in [2.75, 3.05) is 7.11 Å². The predicted molar refractivity (Wildman–Crippen MR) is 52.0 cm³/mol. The van der Waals surface area contributed by atoms with Crippen LogP contribution < -0.4 is 4.74 Å². The van der Waals surface area contributed by atoms with Crippen LogP contribution in [0.2, 0.25) is 0 Å². The highest BCUT2D eigenvalue weighted by atomic mass is 16.5. The van der Waals surface area contributed by atoms with Crippen LogP contribution in [-0.2, 0) is 4.79 Å². The maximum atomic E-state index is 10.6. The molecule has 1 atom stereocenters. The second-order valence-corrected chi connectivity index (χ2v) is 3.12. The first-order valence-electron chi connectivity index (χ1n) is 4.25. The second kappa shape index (κ2) is 4.18. The molecule has 0 fully saturated rings. The number of phenols is 1. The highest BCUT2D eigenvalue weighted by Gasteiger charge is 2.21. The summed E-state index contributed by atoms with van der Waals surface area (Å²) in [5.41, 5.74) is 0.379. The number of carboxylic acid groups (broad SMARTS) is 1. The molecule has 1 rings (SSSR count). The van der Waals surface area contributed by atoms with Gasteiger partial charge in [0, 0.05) is 5.56 Å². The lowest BCUT2D eigenvalue weighted by atomic mass is 10.0. The van der Waals surface area contributed by atoms with Gasteiger partial charge in [-0.25, -0.2) is 4.79 Å². The van der Waals surface area contributed by atoms with Gasteiger partial charge in [0.15, 0.2) is 6.10 Å². The quantitative estimate of drug-likeness (QED) is 0.690. The van der Waals surface area contributed by atoms with Crippen LogP contribution in [-0.4, -0.2) is 28.4 Å². The minimum atomic E-state index is -1.75. The molecule has 1 unspecified atom stereocenters. The summed E-state index contributed by atoms with van der Waals surface area (Å²) < 4.78 is 4.91. The van der Waals surface area contributed by atoms with Gasteiger partial charge in [-0.15, -0.1) is 0 Å². The Bertz CT molecular complexity index is 386. The van der Waals surface area contributed by atoms with Gasteiger partial charge in [-0.05, 0) is 24.6 Å². The number of hydrogen-bond donors (Lipinski definition) is 3. The van der Waals surface area contributed by atoms with E-state index < -0.39 is 12.1 Å². The molecule has 82 valence electrons. The van der Waals surface area contributed by atoms with Gasteiger partial charge in [0.25, 0.3) is 0 Å². The van der Waals surface area contributed by atoms with Crippen molar-refractivity contribution in [1.82, 2.24) is 0 Å². The smallest absolute Gasteiger partial charge is 0.337 e. The molecule has 3 N–H and O–H groups in total. The molecule has 0 radical (unpaired) electrons. The van der Waals surface area contributed by atoms with Crippen LogP contribution in [0.3, 0.4) is 0 Å². The van der Waals surface area contributed by atoms with E-state index in [0.29, 0.717) is 11.3 Å². The maximum Gasteiger partial charge on any atom is 0.337 e. The van der Waals surface area contributed by atoms with Crippen molar-refractivity contribution in [2.45, 2.75) is 13.0 Å². The van der Waals surface area contributed by atoms with Crippen molar-refractivity contribution in [3.63, 3.8) is 0 Å². The molecule has 0 saturated carbocycles. The summed E-state index contributed by atoms with van der Waals surface area (Å²) in [7, 11) is 1.42. The van der Waals surface area contributed by atoms with E-state index >= 15 is 0 Å². The van der Waals surface area contributed by atoms with Crippen molar-refractivity contribution >= 4 is 5.97 Å². The van der Waals surface area contributed by atoms with Crippen molar-refractivity contribution in [3.05, 3.63) is 23.3 Å². The number of aliphatic hydroxyl groups is 1. The second-order valence-electron chi connectivity index (χ2n) is 3.12. The fourth-order valence-corrected chi connectivity index (χ4v) is 1.23. The number of aliphatic hydroxyl groups excluding tert-OH is 1. The molecule has 5 nitrogen and oxygen atoms in total. The number of rotatable bonds is 3. The average molecular weight is 212 g/mol. The van der Waals surface area contributed by atoms with E-state index in [4.69, 9.17) is 9.84 Å². The molecular weight excluding hydrogens is 200 g/mol. The number of aromatic hydroxyl groups is 1. The minimum absolute atomic E-state index is 0.0700. The van der Waals surface area contributed by atoms with Gasteiger partial charge in [0.1, 0.15) is 11.5 Å². The third-order valence-corrected chi connectivity index (χ3v) is 2.07. The van der Waals surface area contributed by atoms with E-state index in [9.17, 15) is 15.0 Å². The van der Waals surface area contributed by atoms with Crippen LogP contribution >= 0.6 is 0 Å². The zero-order valence-electron chi connectivity index (χ0n) is 8.39. The standard InChI is InChI=1S/C10H12O5/c1-5-3-6(15-2)4-7(8(5)11)9(12)10(13)14/h3-4,9,11-12H,1-2H3,(H,13,14). The van der Waals surface area contributed by atoms with Crippen molar-refractivity contribution in [1.29, 1.82) is 0 Å². The molecule has 0 aliphatic rings. The molecule has 0 aliphatic heterocycles. The maximum absolute atomic E-state index is 10.6. The summed E-state index contributed by atoms with van der Waals surface area (Å²) in [5, 5.41) is 27.5.